The average molecular weight is 213 g/mol. The molecule has 0 aromatic carbocycles. The van der Waals surface area contributed by atoms with E-state index in [9.17, 15) is 4.79 Å². The molecule has 0 bridgehead atoms. The van der Waals surface area contributed by atoms with Crippen molar-refractivity contribution in [3.05, 3.63) is 23.4 Å². The van der Waals surface area contributed by atoms with Gasteiger partial charge in [0.25, 0.3) is 0 Å². The third kappa shape index (κ3) is 1.65. The van der Waals surface area contributed by atoms with Gasteiger partial charge in [-0.1, -0.05) is 11.6 Å². The molecule has 2 rings (SSSR count). The molecule has 2 aliphatic rings. The lowest BCUT2D eigenvalue weighted by atomic mass is 10.0. The number of carbonyl (C=O) groups is 1. The predicted molar refractivity (Wildman–Crippen MR) is 53.2 cm³/mol. The number of nitrogens with zero attached hydrogens (tertiary/aromatic N) is 2. The fraction of sp³-hybridized carbons (Fsp3) is 0.333. The Morgan fingerprint density at radius 1 is 1.71 bits per heavy atom. The quantitative estimate of drug-likeness (QED) is 0.748. The van der Waals surface area contributed by atoms with Crippen molar-refractivity contribution >= 4 is 23.9 Å². The van der Waals surface area contributed by atoms with E-state index in [-0.39, 0.29) is 18.5 Å². The number of hydrogen-bond acceptors (Lipinski definition) is 3. The Kier molecular flexibility index (Phi) is 2.29. The van der Waals surface area contributed by atoms with Crippen LogP contribution in [0, 0.1) is 0 Å². The lowest BCUT2D eigenvalue weighted by Crippen LogP contribution is -2.33. The Bertz CT molecular complexity index is 349. The smallest absolute Gasteiger partial charge is 0.305 e. The van der Waals surface area contributed by atoms with E-state index < -0.39 is 5.97 Å². The number of aliphatic carboxylic acids is 1. The molecule has 2 heterocycles. The molecule has 0 spiro atoms. The zero-order chi connectivity index (χ0) is 10.1. The zero-order valence-corrected chi connectivity index (χ0v) is 8.05. The van der Waals surface area contributed by atoms with E-state index in [4.69, 9.17) is 16.7 Å². The number of allylic oxidation sites excluding steroid dienone is 2. The molecule has 0 radical (unpaired) electrons. The summed E-state index contributed by atoms with van der Waals surface area (Å²) >= 11 is 5.83. The molecule has 0 fully saturated rings. The highest BCUT2D eigenvalue weighted by molar-refractivity contribution is 6.31. The van der Waals surface area contributed by atoms with Crippen LogP contribution in [0.25, 0.3) is 0 Å². The molecule has 0 saturated carbocycles. The molecule has 0 aliphatic carbocycles. The first-order valence-corrected chi connectivity index (χ1v) is 4.62. The maximum absolute atomic E-state index is 10.5. The molecule has 14 heavy (non-hydrogen) atoms. The van der Waals surface area contributed by atoms with Gasteiger partial charge in [-0.3, -0.25) is 9.79 Å². The van der Waals surface area contributed by atoms with E-state index in [0.29, 0.717) is 5.03 Å². The summed E-state index contributed by atoms with van der Waals surface area (Å²) in [7, 11) is 0. The average Bonchev–Trinajstić information content (AvgIpc) is 2.47. The third-order valence-electron chi connectivity index (χ3n) is 2.25. The Morgan fingerprint density at radius 2 is 2.50 bits per heavy atom. The van der Waals surface area contributed by atoms with Gasteiger partial charge in [-0.05, 0) is 12.2 Å². The van der Waals surface area contributed by atoms with Crippen molar-refractivity contribution in [1.29, 1.82) is 0 Å². The van der Waals surface area contributed by atoms with E-state index in [1.807, 2.05) is 11.0 Å². The van der Waals surface area contributed by atoms with Crippen molar-refractivity contribution in [2.24, 2.45) is 4.99 Å². The molecule has 0 amide bonds. The van der Waals surface area contributed by atoms with Crippen LogP contribution in [0.1, 0.15) is 6.42 Å². The van der Waals surface area contributed by atoms with Gasteiger partial charge in [-0.2, -0.15) is 0 Å². The normalized spacial score (nSPS) is 28.9. The minimum atomic E-state index is -0.840. The van der Waals surface area contributed by atoms with Gasteiger partial charge in [0, 0.05) is 11.2 Å². The van der Waals surface area contributed by atoms with E-state index in [0.717, 1.165) is 0 Å². The molecule has 2 unspecified atom stereocenters. The number of aliphatic imine (C=N–C) groups is 1. The van der Waals surface area contributed by atoms with Crippen molar-refractivity contribution in [2.75, 3.05) is 0 Å². The van der Waals surface area contributed by atoms with E-state index in [1.165, 1.54) is 0 Å². The van der Waals surface area contributed by atoms with Crippen LogP contribution in [-0.4, -0.2) is 34.4 Å². The summed E-state index contributed by atoms with van der Waals surface area (Å²) in [6.45, 7) is 0. The first kappa shape index (κ1) is 9.27. The van der Waals surface area contributed by atoms with Gasteiger partial charge >= 0.3 is 5.97 Å². The van der Waals surface area contributed by atoms with E-state index >= 15 is 0 Å². The number of halogens is 1. The van der Waals surface area contributed by atoms with Crippen LogP contribution in [0.5, 0.6) is 0 Å². The van der Waals surface area contributed by atoms with Crippen LogP contribution in [0.3, 0.4) is 0 Å². The third-order valence-corrected chi connectivity index (χ3v) is 2.50. The summed E-state index contributed by atoms with van der Waals surface area (Å²) in [5.74, 6) is -0.840. The fourth-order valence-electron chi connectivity index (χ4n) is 1.59. The summed E-state index contributed by atoms with van der Waals surface area (Å²) in [6.07, 6.45) is 7.06. The number of carboxylic acid groups (broad SMARTS) is 1. The highest BCUT2D eigenvalue weighted by atomic mass is 35.5. The molecule has 2 aliphatic heterocycles. The van der Waals surface area contributed by atoms with Gasteiger partial charge in [-0.25, -0.2) is 0 Å². The second kappa shape index (κ2) is 3.46. The first-order chi connectivity index (χ1) is 6.66. The second-order valence-electron chi connectivity index (χ2n) is 3.23. The molecule has 2 atom stereocenters. The molecule has 0 aromatic rings. The van der Waals surface area contributed by atoms with E-state index in [1.54, 1.807) is 18.6 Å². The molecule has 4 nitrogen and oxygen atoms in total. The van der Waals surface area contributed by atoms with Crippen LogP contribution in [0.4, 0.5) is 0 Å². The number of carboxylic acids is 1. The number of fused-ring (bicyclic) bond motifs is 1. The Morgan fingerprint density at radius 3 is 3.21 bits per heavy atom. The molecule has 74 valence electrons. The molecule has 0 aromatic heterocycles. The minimum Gasteiger partial charge on any atom is -0.481 e. The van der Waals surface area contributed by atoms with Gasteiger partial charge < -0.3 is 10.0 Å². The minimum absolute atomic E-state index is 0.0339. The summed E-state index contributed by atoms with van der Waals surface area (Å²) < 4.78 is 0. The maximum atomic E-state index is 10.5. The van der Waals surface area contributed by atoms with Gasteiger partial charge in [0.2, 0.25) is 0 Å². The standard InChI is InChI=1S/C9H9ClN2O2/c10-6-1-2-12-5-11-7(4-9(13)14)8(12)3-6/h1-3,5,7-8H,4H2,(H,13,14). The molecule has 5 heteroatoms. The molecule has 0 saturated heterocycles. The van der Waals surface area contributed by atoms with Gasteiger partial charge in [0.05, 0.1) is 24.8 Å². The second-order valence-corrected chi connectivity index (χ2v) is 3.67. The van der Waals surface area contributed by atoms with Crippen molar-refractivity contribution in [1.82, 2.24) is 4.90 Å². The van der Waals surface area contributed by atoms with Crippen molar-refractivity contribution in [3.63, 3.8) is 0 Å². The summed E-state index contributed by atoms with van der Waals surface area (Å²) in [4.78, 5) is 16.5. The molecule has 1 N–H and O–H groups in total. The Balaban J connectivity index is 2.13. The van der Waals surface area contributed by atoms with Crippen molar-refractivity contribution in [2.45, 2.75) is 18.5 Å². The Labute approximate surface area is 86.2 Å². The maximum Gasteiger partial charge on any atom is 0.305 e. The Hall–Kier alpha value is -1.29. The zero-order valence-electron chi connectivity index (χ0n) is 7.30. The molecular formula is C9H9ClN2O2. The van der Waals surface area contributed by atoms with Crippen molar-refractivity contribution in [3.8, 4) is 0 Å². The van der Waals surface area contributed by atoms with Crippen LogP contribution in [0.2, 0.25) is 0 Å². The fourth-order valence-corrected chi connectivity index (χ4v) is 1.78. The lowest BCUT2D eigenvalue weighted by Gasteiger charge is -2.24. The molecular weight excluding hydrogens is 204 g/mol. The van der Waals surface area contributed by atoms with Gasteiger partial charge in [-0.15, -0.1) is 0 Å². The van der Waals surface area contributed by atoms with Crippen LogP contribution in [-0.2, 0) is 4.79 Å². The predicted octanol–water partition coefficient (Wildman–Crippen LogP) is 1.19. The summed E-state index contributed by atoms with van der Waals surface area (Å²) in [5.41, 5.74) is 0. The van der Waals surface area contributed by atoms with Crippen molar-refractivity contribution < 1.29 is 9.90 Å². The monoisotopic (exact) mass is 212 g/mol. The first-order valence-electron chi connectivity index (χ1n) is 4.25. The lowest BCUT2D eigenvalue weighted by molar-refractivity contribution is -0.137. The topological polar surface area (TPSA) is 52.9 Å². The van der Waals surface area contributed by atoms with E-state index in [2.05, 4.69) is 4.99 Å². The van der Waals surface area contributed by atoms with Gasteiger partial charge in [0.1, 0.15) is 0 Å². The summed E-state index contributed by atoms with van der Waals surface area (Å²) in [6, 6.07) is -0.269. The number of rotatable bonds is 2. The number of hydrogen-bond donors (Lipinski definition) is 1. The van der Waals surface area contributed by atoms with Gasteiger partial charge in [0.15, 0.2) is 0 Å². The SMILES string of the molecule is O=C(O)CC1N=CN2C=CC(Cl)=CC12. The summed E-state index contributed by atoms with van der Waals surface area (Å²) in [5, 5.41) is 9.30. The highest BCUT2D eigenvalue weighted by Crippen LogP contribution is 2.24. The van der Waals surface area contributed by atoms with Crippen LogP contribution in [0.15, 0.2) is 28.4 Å². The van der Waals surface area contributed by atoms with Crippen LogP contribution < -0.4 is 0 Å². The largest absolute Gasteiger partial charge is 0.481 e. The highest BCUT2D eigenvalue weighted by Gasteiger charge is 2.31. The van der Waals surface area contributed by atoms with Crippen LogP contribution >= 0.6 is 11.6 Å².